The Hall–Kier alpha value is -2.36. The molecule has 2 aromatic carbocycles. The highest BCUT2D eigenvalue weighted by Crippen LogP contribution is 2.16. The van der Waals surface area contributed by atoms with E-state index in [0.29, 0.717) is 5.52 Å². The third-order valence-electron chi connectivity index (χ3n) is 3.11. The highest BCUT2D eigenvalue weighted by molar-refractivity contribution is 5.75. The number of halogens is 1. The van der Waals surface area contributed by atoms with Crippen LogP contribution in [0.5, 0.6) is 0 Å². The lowest BCUT2D eigenvalue weighted by molar-refractivity contribution is 0.637. The zero-order valence-electron chi connectivity index (χ0n) is 10.4. The molecule has 1 heterocycles. The zero-order chi connectivity index (χ0) is 13.2. The van der Waals surface area contributed by atoms with E-state index >= 15 is 0 Å². The Labute approximate surface area is 110 Å². The van der Waals surface area contributed by atoms with Crippen molar-refractivity contribution in [1.29, 1.82) is 0 Å². The topological polar surface area (TPSA) is 54.7 Å². The number of aromatic amines is 1. The highest BCUT2D eigenvalue weighted by Gasteiger charge is 2.06. The molecule has 19 heavy (non-hydrogen) atoms. The lowest BCUT2D eigenvalue weighted by atomic mass is 10.1. The van der Waals surface area contributed by atoms with Gasteiger partial charge in [0.1, 0.15) is 11.3 Å². The number of benzene rings is 2. The molecule has 0 saturated heterocycles. The number of imidazole rings is 1. The van der Waals surface area contributed by atoms with Gasteiger partial charge in [-0.25, -0.2) is 9.37 Å². The van der Waals surface area contributed by atoms with Crippen LogP contribution in [-0.4, -0.2) is 9.97 Å². The van der Waals surface area contributed by atoms with Gasteiger partial charge in [-0.1, -0.05) is 18.2 Å². The molecule has 0 radical (unpaired) electrons. The number of fused-ring (bicyclic) bond motifs is 1. The highest BCUT2D eigenvalue weighted by atomic mass is 19.1. The second kappa shape index (κ2) is 4.72. The molecule has 3 aromatic rings. The fourth-order valence-electron chi connectivity index (χ4n) is 2.18. The summed E-state index contributed by atoms with van der Waals surface area (Å²) in [4.78, 5) is 7.43. The van der Waals surface area contributed by atoms with Gasteiger partial charge in [-0.3, -0.25) is 0 Å². The molecule has 3 nitrogen and oxygen atoms in total. The third-order valence-corrected chi connectivity index (χ3v) is 3.11. The molecule has 3 N–H and O–H groups in total. The van der Waals surface area contributed by atoms with Crippen LogP contribution in [0.4, 0.5) is 10.1 Å². The van der Waals surface area contributed by atoms with Crippen molar-refractivity contribution in [2.45, 2.75) is 12.8 Å². The van der Waals surface area contributed by atoms with Crippen molar-refractivity contribution in [3.8, 4) is 0 Å². The molecular formula is C15H14FN3. The second-order valence-corrected chi connectivity index (χ2v) is 4.56. The largest absolute Gasteiger partial charge is 0.399 e. The van der Waals surface area contributed by atoms with Gasteiger partial charge in [-0.2, -0.15) is 0 Å². The minimum absolute atomic E-state index is 0.288. The van der Waals surface area contributed by atoms with Crippen LogP contribution in [0.15, 0.2) is 42.5 Å². The average Bonchev–Trinajstić information content (AvgIpc) is 2.81. The Morgan fingerprint density at radius 3 is 2.74 bits per heavy atom. The van der Waals surface area contributed by atoms with Crippen LogP contribution >= 0.6 is 0 Å². The smallest absolute Gasteiger partial charge is 0.151 e. The van der Waals surface area contributed by atoms with Crippen molar-refractivity contribution in [2.75, 3.05) is 5.73 Å². The first-order chi connectivity index (χ1) is 9.22. The predicted molar refractivity (Wildman–Crippen MR) is 74.3 cm³/mol. The van der Waals surface area contributed by atoms with Gasteiger partial charge in [0.25, 0.3) is 0 Å². The number of rotatable bonds is 3. The minimum Gasteiger partial charge on any atom is -0.399 e. The minimum atomic E-state index is -0.288. The molecule has 0 spiro atoms. The van der Waals surface area contributed by atoms with E-state index in [1.807, 2.05) is 30.3 Å². The first kappa shape index (κ1) is 11.7. The lowest BCUT2D eigenvalue weighted by Crippen LogP contribution is -1.94. The molecule has 0 aliphatic carbocycles. The molecule has 96 valence electrons. The maximum Gasteiger partial charge on any atom is 0.151 e. The normalized spacial score (nSPS) is 11.0. The van der Waals surface area contributed by atoms with Crippen molar-refractivity contribution in [3.05, 3.63) is 59.7 Å². The summed E-state index contributed by atoms with van der Waals surface area (Å²) in [5.74, 6) is 0.506. The molecular weight excluding hydrogens is 241 g/mol. The van der Waals surface area contributed by atoms with E-state index in [9.17, 15) is 4.39 Å². The number of hydrogen-bond donors (Lipinski definition) is 2. The number of nitrogens with one attached hydrogen (secondary N) is 1. The molecule has 0 aliphatic heterocycles. The Balaban J connectivity index is 1.80. The number of aryl methyl sites for hydroxylation is 2. The van der Waals surface area contributed by atoms with Crippen LogP contribution in [0.2, 0.25) is 0 Å². The summed E-state index contributed by atoms with van der Waals surface area (Å²) >= 11 is 0. The van der Waals surface area contributed by atoms with Crippen molar-refractivity contribution in [3.63, 3.8) is 0 Å². The Kier molecular flexibility index (Phi) is 2.91. The van der Waals surface area contributed by atoms with Crippen LogP contribution in [0, 0.1) is 5.82 Å². The van der Waals surface area contributed by atoms with E-state index < -0.39 is 0 Å². The molecule has 0 aliphatic rings. The van der Waals surface area contributed by atoms with Crippen LogP contribution in [0.1, 0.15) is 11.4 Å². The molecule has 0 saturated carbocycles. The van der Waals surface area contributed by atoms with Crippen molar-refractivity contribution in [1.82, 2.24) is 9.97 Å². The summed E-state index contributed by atoms with van der Waals surface area (Å²) in [6, 6.07) is 12.7. The molecule has 0 bridgehead atoms. The fraction of sp³-hybridized carbons (Fsp3) is 0.133. The number of anilines is 1. The Bertz CT molecular complexity index is 718. The third kappa shape index (κ3) is 2.42. The van der Waals surface area contributed by atoms with Gasteiger partial charge in [0.15, 0.2) is 5.82 Å². The first-order valence-corrected chi connectivity index (χ1v) is 6.20. The van der Waals surface area contributed by atoms with E-state index in [4.69, 9.17) is 5.73 Å². The van der Waals surface area contributed by atoms with Gasteiger partial charge < -0.3 is 10.7 Å². The van der Waals surface area contributed by atoms with Gasteiger partial charge in [-0.05, 0) is 36.2 Å². The second-order valence-electron chi connectivity index (χ2n) is 4.56. The van der Waals surface area contributed by atoms with E-state index in [-0.39, 0.29) is 5.82 Å². The fourth-order valence-corrected chi connectivity index (χ4v) is 2.18. The number of hydrogen-bond acceptors (Lipinski definition) is 2. The van der Waals surface area contributed by atoms with Crippen molar-refractivity contribution >= 4 is 16.7 Å². The molecule has 0 atom stereocenters. The maximum atomic E-state index is 13.5. The Morgan fingerprint density at radius 2 is 1.95 bits per heavy atom. The standard InChI is InChI=1S/C15H14FN3/c16-12-5-2-6-13-15(12)19-14(18-13)8-7-10-3-1-4-11(17)9-10/h1-6,9H,7-8,17H2,(H,18,19). The number of para-hydroxylation sites is 1. The summed E-state index contributed by atoms with van der Waals surface area (Å²) in [7, 11) is 0. The molecule has 1 aromatic heterocycles. The van der Waals surface area contributed by atoms with E-state index in [1.165, 1.54) is 6.07 Å². The quantitative estimate of drug-likeness (QED) is 0.707. The first-order valence-electron chi connectivity index (χ1n) is 6.20. The molecule has 0 fully saturated rings. The van der Waals surface area contributed by atoms with Crippen LogP contribution in [-0.2, 0) is 12.8 Å². The van der Waals surface area contributed by atoms with Crippen LogP contribution < -0.4 is 5.73 Å². The summed E-state index contributed by atoms with van der Waals surface area (Å²) in [5.41, 5.74) is 8.79. The van der Waals surface area contributed by atoms with Crippen molar-refractivity contribution < 1.29 is 4.39 Å². The predicted octanol–water partition coefficient (Wildman–Crippen LogP) is 3.07. The molecule has 4 heteroatoms. The monoisotopic (exact) mass is 255 g/mol. The summed E-state index contributed by atoms with van der Waals surface area (Å²) < 4.78 is 13.5. The number of aromatic nitrogens is 2. The van der Waals surface area contributed by atoms with Gasteiger partial charge in [0.05, 0.1) is 5.52 Å². The average molecular weight is 255 g/mol. The number of nitrogens with two attached hydrogens (primary N) is 1. The molecule has 0 unspecified atom stereocenters. The van der Waals surface area contributed by atoms with Gasteiger partial charge in [0.2, 0.25) is 0 Å². The number of H-pyrrole nitrogens is 1. The number of nitrogen functional groups attached to an aromatic ring is 1. The molecule has 0 amide bonds. The summed E-state index contributed by atoms with van der Waals surface area (Å²) in [5, 5.41) is 0. The van der Waals surface area contributed by atoms with Crippen molar-refractivity contribution in [2.24, 2.45) is 0 Å². The lowest BCUT2D eigenvalue weighted by Gasteiger charge is -2.00. The molecule has 3 rings (SSSR count). The number of nitrogens with zero attached hydrogens (tertiary/aromatic N) is 1. The van der Waals surface area contributed by atoms with E-state index in [2.05, 4.69) is 9.97 Å². The zero-order valence-corrected chi connectivity index (χ0v) is 10.4. The SMILES string of the molecule is Nc1cccc(CCc2nc3c(F)cccc3[nH]2)c1. The van der Waals surface area contributed by atoms with E-state index in [0.717, 1.165) is 35.4 Å². The van der Waals surface area contributed by atoms with Gasteiger partial charge in [-0.15, -0.1) is 0 Å². The summed E-state index contributed by atoms with van der Waals surface area (Å²) in [6.45, 7) is 0. The Morgan fingerprint density at radius 1 is 1.11 bits per heavy atom. The van der Waals surface area contributed by atoms with Crippen LogP contribution in [0.3, 0.4) is 0 Å². The summed E-state index contributed by atoms with van der Waals surface area (Å²) in [6.07, 6.45) is 1.56. The van der Waals surface area contributed by atoms with E-state index in [1.54, 1.807) is 6.07 Å². The maximum absolute atomic E-state index is 13.5. The van der Waals surface area contributed by atoms with Gasteiger partial charge in [0, 0.05) is 12.1 Å². The van der Waals surface area contributed by atoms with Gasteiger partial charge >= 0.3 is 0 Å². The van der Waals surface area contributed by atoms with Crippen LogP contribution in [0.25, 0.3) is 11.0 Å².